The minimum absolute atomic E-state index is 0.297. The molecule has 4 rings (SSSR count). The number of anilines is 1. The molecule has 1 aliphatic rings. The van der Waals surface area contributed by atoms with Crippen LogP contribution in [0.1, 0.15) is 21.7 Å². The van der Waals surface area contributed by atoms with Gasteiger partial charge in [-0.1, -0.05) is 12.1 Å². The summed E-state index contributed by atoms with van der Waals surface area (Å²) in [4.78, 5) is 25.0. The van der Waals surface area contributed by atoms with E-state index < -0.39 is 17.6 Å². The first-order chi connectivity index (χ1) is 14.3. The topological polar surface area (TPSA) is 67.2 Å². The molecule has 1 aromatic carbocycles. The molecule has 3 heterocycles. The number of aromatic nitrogens is 4. The minimum Gasteiger partial charge on any atom is -0.353 e. The zero-order valence-corrected chi connectivity index (χ0v) is 16.2. The van der Waals surface area contributed by atoms with Crippen LogP contribution in [0.15, 0.2) is 48.8 Å². The van der Waals surface area contributed by atoms with Crippen LogP contribution >= 0.6 is 0 Å². The van der Waals surface area contributed by atoms with Gasteiger partial charge in [0.15, 0.2) is 5.82 Å². The van der Waals surface area contributed by atoms with E-state index >= 15 is 0 Å². The van der Waals surface area contributed by atoms with Crippen molar-refractivity contribution in [3.05, 3.63) is 65.7 Å². The Kier molecular flexibility index (Phi) is 5.15. The predicted octanol–water partition coefficient (Wildman–Crippen LogP) is 2.95. The molecular formula is C20H19F3N6O. The van der Waals surface area contributed by atoms with Gasteiger partial charge in [-0.05, 0) is 25.1 Å². The summed E-state index contributed by atoms with van der Waals surface area (Å²) >= 11 is 0. The van der Waals surface area contributed by atoms with Gasteiger partial charge in [-0.15, -0.1) is 0 Å². The van der Waals surface area contributed by atoms with Crippen molar-refractivity contribution in [2.45, 2.75) is 13.1 Å². The van der Waals surface area contributed by atoms with E-state index in [1.54, 1.807) is 36.1 Å². The van der Waals surface area contributed by atoms with Gasteiger partial charge in [0.1, 0.15) is 11.6 Å². The summed E-state index contributed by atoms with van der Waals surface area (Å²) in [5.41, 5.74) is -1.23. The van der Waals surface area contributed by atoms with Gasteiger partial charge < -0.3 is 9.80 Å². The Bertz CT molecular complexity index is 1040. The molecule has 7 nitrogen and oxygen atoms in total. The van der Waals surface area contributed by atoms with Gasteiger partial charge in [0.2, 0.25) is 0 Å². The van der Waals surface area contributed by atoms with Gasteiger partial charge >= 0.3 is 6.18 Å². The van der Waals surface area contributed by atoms with E-state index in [9.17, 15) is 18.0 Å². The summed E-state index contributed by atoms with van der Waals surface area (Å²) in [6, 6.07) is 8.48. The summed E-state index contributed by atoms with van der Waals surface area (Å²) in [6.45, 7) is 3.28. The number of alkyl halides is 3. The number of nitrogens with zero attached hydrogens (tertiary/aromatic N) is 6. The van der Waals surface area contributed by atoms with Crippen LogP contribution in [0.4, 0.5) is 19.0 Å². The number of hydrogen-bond acceptors (Lipinski definition) is 5. The Labute approximate surface area is 170 Å². The van der Waals surface area contributed by atoms with Crippen molar-refractivity contribution in [2.24, 2.45) is 0 Å². The number of amides is 1. The van der Waals surface area contributed by atoms with Crippen LogP contribution in [0.2, 0.25) is 0 Å². The second-order valence-corrected chi connectivity index (χ2v) is 6.90. The highest BCUT2D eigenvalue weighted by molar-refractivity contribution is 5.96. The molecule has 0 bridgehead atoms. The second kappa shape index (κ2) is 7.77. The standard InChI is InChI=1S/C20H19F3N6O/c1-14-25-17(13-18(26-14)29-8-4-7-24-29)27-9-11-28(12-10-27)19(30)15-5-2-3-6-16(15)20(21,22)23/h2-8,13H,9-12H2,1H3. The Morgan fingerprint density at radius 2 is 1.70 bits per heavy atom. The summed E-state index contributed by atoms with van der Waals surface area (Å²) in [7, 11) is 0. The molecule has 0 radical (unpaired) electrons. The third-order valence-corrected chi connectivity index (χ3v) is 4.90. The number of halogens is 3. The van der Waals surface area contributed by atoms with E-state index in [-0.39, 0.29) is 5.56 Å². The molecule has 10 heteroatoms. The maximum atomic E-state index is 13.3. The van der Waals surface area contributed by atoms with Crippen molar-refractivity contribution in [1.29, 1.82) is 0 Å². The second-order valence-electron chi connectivity index (χ2n) is 6.90. The van der Waals surface area contributed by atoms with E-state index in [2.05, 4.69) is 15.1 Å². The fraction of sp³-hybridized carbons (Fsp3) is 0.300. The van der Waals surface area contributed by atoms with Crippen LogP contribution in [0.5, 0.6) is 0 Å². The molecule has 0 aliphatic carbocycles. The first-order valence-electron chi connectivity index (χ1n) is 9.39. The normalized spacial score (nSPS) is 14.8. The molecule has 2 aromatic heterocycles. The van der Waals surface area contributed by atoms with Crippen LogP contribution in [-0.4, -0.2) is 56.7 Å². The number of benzene rings is 1. The van der Waals surface area contributed by atoms with E-state index in [0.29, 0.717) is 43.6 Å². The highest BCUT2D eigenvalue weighted by Gasteiger charge is 2.36. The predicted molar refractivity (Wildman–Crippen MR) is 103 cm³/mol. The van der Waals surface area contributed by atoms with E-state index in [4.69, 9.17) is 0 Å². The molecule has 1 aliphatic heterocycles. The molecule has 3 aromatic rings. The smallest absolute Gasteiger partial charge is 0.353 e. The summed E-state index contributed by atoms with van der Waals surface area (Å²) in [6.07, 6.45) is -1.14. The zero-order chi connectivity index (χ0) is 21.3. The van der Waals surface area contributed by atoms with E-state index in [0.717, 1.165) is 6.07 Å². The van der Waals surface area contributed by atoms with Crippen LogP contribution in [0, 0.1) is 6.92 Å². The molecule has 0 atom stereocenters. The summed E-state index contributed by atoms with van der Waals surface area (Å²) in [5.74, 6) is 1.28. The maximum Gasteiger partial charge on any atom is 0.417 e. The number of piperazine rings is 1. The Hall–Kier alpha value is -3.43. The van der Waals surface area contributed by atoms with Gasteiger partial charge in [-0.2, -0.15) is 18.3 Å². The SMILES string of the molecule is Cc1nc(N2CCN(C(=O)c3ccccc3C(F)(F)F)CC2)cc(-n2cccn2)n1. The highest BCUT2D eigenvalue weighted by Crippen LogP contribution is 2.32. The van der Waals surface area contributed by atoms with Gasteiger partial charge in [-0.3, -0.25) is 4.79 Å². The lowest BCUT2D eigenvalue weighted by Crippen LogP contribution is -2.49. The molecule has 0 unspecified atom stereocenters. The van der Waals surface area contributed by atoms with Crippen LogP contribution in [-0.2, 0) is 6.18 Å². The molecule has 0 saturated carbocycles. The van der Waals surface area contributed by atoms with Crippen molar-refractivity contribution in [3.8, 4) is 5.82 Å². The fourth-order valence-electron chi connectivity index (χ4n) is 3.45. The molecule has 1 amide bonds. The fourth-order valence-corrected chi connectivity index (χ4v) is 3.45. The largest absolute Gasteiger partial charge is 0.417 e. The Morgan fingerprint density at radius 1 is 1.00 bits per heavy atom. The van der Waals surface area contributed by atoms with Gasteiger partial charge in [-0.25, -0.2) is 14.6 Å². The minimum atomic E-state index is -4.57. The van der Waals surface area contributed by atoms with Gasteiger partial charge in [0.05, 0.1) is 11.1 Å². The lowest BCUT2D eigenvalue weighted by Gasteiger charge is -2.36. The molecule has 1 saturated heterocycles. The quantitative estimate of drug-likeness (QED) is 0.657. The molecule has 1 fully saturated rings. The third kappa shape index (κ3) is 3.98. The summed E-state index contributed by atoms with van der Waals surface area (Å²) in [5, 5.41) is 4.17. The Balaban J connectivity index is 1.49. The molecule has 30 heavy (non-hydrogen) atoms. The number of rotatable bonds is 3. The number of carbonyl (C=O) groups is 1. The average molecular weight is 416 g/mol. The van der Waals surface area contributed by atoms with Crippen molar-refractivity contribution < 1.29 is 18.0 Å². The first kappa shape index (κ1) is 19.9. The summed E-state index contributed by atoms with van der Waals surface area (Å²) < 4.78 is 41.4. The van der Waals surface area contributed by atoms with Crippen LogP contribution in [0.3, 0.4) is 0 Å². The van der Waals surface area contributed by atoms with Crippen molar-refractivity contribution in [3.63, 3.8) is 0 Å². The maximum absolute atomic E-state index is 13.3. The van der Waals surface area contributed by atoms with Gasteiger partial charge in [0, 0.05) is 44.6 Å². The lowest BCUT2D eigenvalue weighted by atomic mass is 10.1. The number of hydrogen-bond donors (Lipinski definition) is 0. The first-order valence-corrected chi connectivity index (χ1v) is 9.39. The van der Waals surface area contributed by atoms with E-state index in [1.807, 2.05) is 4.90 Å². The average Bonchev–Trinajstić information content (AvgIpc) is 3.27. The van der Waals surface area contributed by atoms with Gasteiger partial charge in [0.25, 0.3) is 5.91 Å². The van der Waals surface area contributed by atoms with Crippen molar-refractivity contribution >= 4 is 11.7 Å². The molecule has 0 N–H and O–H groups in total. The monoisotopic (exact) mass is 416 g/mol. The molecule has 156 valence electrons. The Morgan fingerprint density at radius 3 is 2.37 bits per heavy atom. The van der Waals surface area contributed by atoms with E-state index in [1.165, 1.54) is 23.1 Å². The zero-order valence-electron chi connectivity index (χ0n) is 16.2. The van der Waals surface area contributed by atoms with Crippen molar-refractivity contribution in [1.82, 2.24) is 24.6 Å². The third-order valence-electron chi connectivity index (χ3n) is 4.90. The number of carbonyl (C=O) groups excluding carboxylic acids is 1. The van der Waals surface area contributed by atoms with Crippen molar-refractivity contribution in [2.75, 3.05) is 31.1 Å². The number of aryl methyl sites for hydroxylation is 1. The lowest BCUT2D eigenvalue weighted by molar-refractivity contribution is -0.138. The highest BCUT2D eigenvalue weighted by atomic mass is 19.4. The van der Waals surface area contributed by atoms with Crippen LogP contribution < -0.4 is 4.90 Å². The molecule has 0 spiro atoms. The van der Waals surface area contributed by atoms with Crippen LogP contribution in [0.25, 0.3) is 5.82 Å². The molecular weight excluding hydrogens is 397 g/mol.